The molecule has 0 aromatic heterocycles. The van der Waals surface area contributed by atoms with Crippen LogP contribution in [0.1, 0.15) is 46.5 Å². The van der Waals surface area contributed by atoms with Gasteiger partial charge < -0.3 is 9.84 Å². The van der Waals surface area contributed by atoms with Crippen LogP contribution in [0, 0.1) is 17.3 Å². The first-order valence-electron chi connectivity index (χ1n) is 7.57. The van der Waals surface area contributed by atoms with Crippen LogP contribution in [-0.2, 0) is 14.3 Å². The van der Waals surface area contributed by atoms with Gasteiger partial charge in [0.15, 0.2) is 0 Å². The van der Waals surface area contributed by atoms with E-state index in [9.17, 15) is 14.7 Å². The molecule has 4 nitrogen and oxygen atoms in total. The molecular formula is C17H24O4. The van der Waals surface area contributed by atoms with Gasteiger partial charge in [0.2, 0.25) is 0 Å². The number of aliphatic carboxylic acids is 1. The Balaban J connectivity index is 2.12. The fraction of sp³-hybridized carbons (Fsp3) is 0.647. The van der Waals surface area contributed by atoms with E-state index in [4.69, 9.17) is 4.74 Å². The average molecular weight is 292 g/mol. The van der Waals surface area contributed by atoms with Gasteiger partial charge in [0.05, 0.1) is 0 Å². The summed E-state index contributed by atoms with van der Waals surface area (Å²) in [5, 5.41) is 9.31. The highest BCUT2D eigenvalue weighted by atomic mass is 16.5. The second-order valence-electron chi connectivity index (χ2n) is 6.67. The Morgan fingerprint density at radius 3 is 2.71 bits per heavy atom. The highest BCUT2D eigenvalue weighted by Crippen LogP contribution is 2.61. The van der Waals surface area contributed by atoms with Gasteiger partial charge in [-0.25, -0.2) is 4.79 Å². The number of esters is 1. The molecule has 1 fully saturated rings. The Morgan fingerprint density at radius 2 is 2.10 bits per heavy atom. The van der Waals surface area contributed by atoms with Gasteiger partial charge >= 0.3 is 11.9 Å². The Morgan fingerprint density at radius 1 is 1.38 bits per heavy atom. The molecule has 2 aliphatic rings. The molecule has 1 saturated carbocycles. The zero-order valence-electron chi connectivity index (χ0n) is 13.0. The van der Waals surface area contributed by atoms with E-state index in [2.05, 4.69) is 13.8 Å². The van der Waals surface area contributed by atoms with Crippen molar-refractivity contribution in [3.05, 3.63) is 23.3 Å². The topological polar surface area (TPSA) is 63.6 Å². The van der Waals surface area contributed by atoms with Gasteiger partial charge in [-0.05, 0) is 48.5 Å². The molecule has 2 atom stereocenters. The first-order valence-corrected chi connectivity index (χ1v) is 7.57. The lowest BCUT2D eigenvalue weighted by molar-refractivity contribution is -0.140. The van der Waals surface area contributed by atoms with Crippen LogP contribution >= 0.6 is 0 Å². The summed E-state index contributed by atoms with van der Waals surface area (Å²) < 4.78 is 5.09. The van der Waals surface area contributed by atoms with E-state index in [1.54, 1.807) is 0 Å². The number of carboxylic acids is 1. The number of ether oxygens (including phenoxy) is 1. The van der Waals surface area contributed by atoms with E-state index in [0.29, 0.717) is 36.9 Å². The molecule has 4 heteroatoms. The van der Waals surface area contributed by atoms with Crippen LogP contribution in [0.15, 0.2) is 23.3 Å². The molecule has 1 N–H and O–H groups in total. The summed E-state index contributed by atoms with van der Waals surface area (Å²) in [6.45, 7) is 6.14. The van der Waals surface area contributed by atoms with E-state index in [1.165, 1.54) is 6.92 Å². The first kappa shape index (κ1) is 15.8. The minimum Gasteiger partial charge on any atom is -0.478 e. The van der Waals surface area contributed by atoms with Crippen LogP contribution in [0.5, 0.6) is 0 Å². The molecule has 0 bridgehead atoms. The van der Waals surface area contributed by atoms with Crippen molar-refractivity contribution < 1.29 is 19.4 Å². The zero-order valence-corrected chi connectivity index (χ0v) is 13.0. The summed E-state index contributed by atoms with van der Waals surface area (Å²) in [5.41, 5.74) is 1.80. The number of fused-ring (bicyclic) bond motifs is 1. The van der Waals surface area contributed by atoms with Gasteiger partial charge in [-0.3, -0.25) is 4.79 Å². The Hall–Kier alpha value is -1.58. The molecular weight excluding hydrogens is 268 g/mol. The standard InChI is InChI=1S/C17H24O4/c1-11(18)21-10-12-5-4-6-13(16(19)20)9-15-14(8-7-12)17(15,2)3/h5,9,14-15H,4,6-8,10H2,1-3H3,(H,19,20). The van der Waals surface area contributed by atoms with E-state index in [1.807, 2.05) is 12.2 Å². The van der Waals surface area contributed by atoms with Gasteiger partial charge in [0.1, 0.15) is 6.61 Å². The van der Waals surface area contributed by atoms with Crippen LogP contribution in [0.4, 0.5) is 0 Å². The minimum absolute atomic E-state index is 0.178. The van der Waals surface area contributed by atoms with Crippen LogP contribution in [0.2, 0.25) is 0 Å². The second-order valence-corrected chi connectivity index (χ2v) is 6.67. The number of carbonyl (C=O) groups excluding carboxylic acids is 1. The molecule has 2 aliphatic carbocycles. The van der Waals surface area contributed by atoms with Crippen molar-refractivity contribution in [2.24, 2.45) is 17.3 Å². The van der Waals surface area contributed by atoms with Crippen molar-refractivity contribution in [2.75, 3.05) is 6.61 Å². The van der Waals surface area contributed by atoms with Crippen LogP contribution < -0.4 is 0 Å². The highest BCUT2D eigenvalue weighted by Gasteiger charge is 2.55. The smallest absolute Gasteiger partial charge is 0.331 e. The van der Waals surface area contributed by atoms with Crippen LogP contribution in [0.25, 0.3) is 0 Å². The number of hydrogen-bond acceptors (Lipinski definition) is 3. The lowest BCUT2D eigenvalue weighted by Gasteiger charge is -2.10. The van der Waals surface area contributed by atoms with E-state index in [0.717, 1.165) is 18.4 Å². The number of hydrogen-bond donors (Lipinski definition) is 1. The summed E-state index contributed by atoms with van der Waals surface area (Å²) >= 11 is 0. The van der Waals surface area contributed by atoms with Crippen molar-refractivity contribution in [1.82, 2.24) is 0 Å². The minimum atomic E-state index is -0.813. The molecule has 21 heavy (non-hydrogen) atoms. The molecule has 2 unspecified atom stereocenters. The summed E-state index contributed by atoms with van der Waals surface area (Å²) in [7, 11) is 0. The Kier molecular flexibility index (Phi) is 4.55. The molecule has 0 spiro atoms. The number of carbonyl (C=O) groups is 2. The van der Waals surface area contributed by atoms with Crippen molar-refractivity contribution in [1.29, 1.82) is 0 Å². The van der Waals surface area contributed by atoms with Gasteiger partial charge in [0, 0.05) is 12.5 Å². The molecule has 116 valence electrons. The molecule has 0 radical (unpaired) electrons. The molecule has 0 aliphatic heterocycles. The molecule has 0 heterocycles. The molecule has 2 rings (SSSR count). The maximum atomic E-state index is 11.3. The van der Waals surface area contributed by atoms with Gasteiger partial charge in [-0.15, -0.1) is 0 Å². The van der Waals surface area contributed by atoms with E-state index >= 15 is 0 Å². The van der Waals surface area contributed by atoms with Crippen molar-refractivity contribution in [3.63, 3.8) is 0 Å². The number of rotatable bonds is 3. The Labute approximate surface area is 125 Å². The van der Waals surface area contributed by atoms with E-state index in [-0.39, 0.29) is 11.4 Å². The van der Waals surface area contributed by atoms with E-state index < -0.39 is 5.97 Å². The zero-order chi connectivity index (χ0) is 15.6. The monoisotopic (exact) mass is 292 g/mol. The molecule has 0 saturated heterocycles. The largest absolute Gasteiger partial charge is 0.478 e. The summed E-state index contributed by atoms with van der Waals surface area (Å²) in [4.78, 5) is 22.3. The fourth-order valence-electron chi connectivity index (χ4n) is 3.35. The summed E-state index contributed by atoms with van der Waals surface area (Å²) in [6.07, 6.45) is 7.18. The maximum Gasteiger partial charge on any atom is 0.331 e. The maximum absolute atomic E-state index is 11.3. The SMILES string of the molecule is CC(=O)OCC1=CCCC(C(=O)O)=CC2C(CC1)C2(C)C. The summed E-state index contributed by atoms with van der Waals surface area (Å²) in [5.74, 6) is -0.210. The first-order chi connectivity index (χ1) is 9.82. The normalized spacial score (nSPS) is 27.8. The second kappa shape index (κ2) is 6.04. The van der Waals surface area contributed by atoms with Gasteiger partial charge in [-0.1, -0.05) is 26.0 Å². The van der Waals surface area contributed by atoms with Gasteiger partial charge in [-0.2, -0.15) is 0 Å². The predicted molar refractivity (Wildman–Crippen MR) is 79.7 cm³/mol. The molecule has 0 aromatic carbocycles. The van der Waals surface area contributed by atoms with Crippen molar-refractivity contribution in [3.8, 4) is 0 Å². The van der Waals surface area contributed by atoms with Crippen LogP contribution in [0.3, 0.4) is 0 Å². The number of carboxylic acid groups (broad SMARTS) is 1. The quantitative estimate of drug-likeness (QED) is 0.640. The number of allylic oxidation sites excluding steroid dienone is 2. The van der Waals surface area contributed by atoms with Crippen molar-refractivity contribution >= 4 is 11.9 Å². The lowest BCUT2D eigenvalue weighted by atomic mass is 10.00. The average Bonchev–Trinajstić information content (AvgIpc) is 2.92. The fourth-order valence-corrected chi connectivity index (χ4v) is 3.35. The third-order valence-electron chi connectivity index (χ3n) is 4.88. The molecule has 0 aromatic rings. The predicted octanol–water partition coefficient (Wildman–Crippen LogP) is 3.33. The Bertz CT molecular complexity index is 499. The van der Waals surface area contributed by atoms with Crippen molar-refractivity contribution in [2.45, 2.75) is 46.5 Å². The summed E-state index contributed by atoms with van der Waals surface area (Å²) in [6, 6.07) is 0. The third-order valence-corrected chi connectivity index (χ3v) is 4.88. The third kappa shape index (κ3) is 3.74. The van der Waals surface area contributed by atoms with Gasteiger partial charge in [0.25, 0.3) is 0 Å². The molecule has 0 amide bonds. The lowest BCUT2D eigenvalue weighted by Crippen LogP contribution is -2.06. The van der Waals surface area contributed by atoms with Crippen LogP contribution in [-0.4, -0.2) is 23.7 Å². The highest BCUT2D eigenvalue weighted by molar-refractivity contribution is 5.86.